The number of methoxy groups -OCH3 is 1. The van der Waals surface area contributed by atoms with Crippen LogP contribution in [0.15, 0.2) is 41.6 Å². The second kappa shape index (κ2) is 6.65. The van der Waals surface area contributed by atoms with Crippen molar-refractivity contribution in [1.29, 1.82) is 0 Å². The second-order valence-electron chi connectivity index (χ2n) is 6.26. The molecule has 2 unspecified atom stereocenters. The molecule has 5 nitrogen and oxygen atoms in total. The summed E-state index contributed by atoms with van der Waals surface area (Å²) < 4.78 is 12.8. The minimum atomic E-state index is -0.113. The summed E-state index contributed by atoms with van der Waals surface area (Å²) in [6.07, 6.45) is 3.47. The number of allylic oxidation sites excluding steroid dienone is 2. The van der Waals surface area contributed by atoms with Gasteiger partial charge in [-0.1, -0.05) is 23.2 Å². The molecule has 2 atom stereocenters. The minimum absolute atomic E-state index is 0.0752. The van der Waals surface area contributed by atoms with Gasteiger partial charge in [0, 0.05) is 17.7 Å². The van der Waals surface area contributed by atoms with Gasteiger partial charge in [-0.2, -0.15) is 5.10 Å². The third kappa shape index (κ3) is 2.80. The Hall–Kier alpha value is -1.95. The first-order valence-corrected chi connectivity index (χ1v) is 9.19. The first-order chi connectivity index (χ1) is 12.5. The van der Waals surface area contributed by atoms with Crippen LogP contribution in [0.4, 0.5) is 0 Å². The van der Waals surface area contributed by atoms with Gasteiger partial charge < -0.3 is 14.4 Å². The van der Waals surface area contributed by atoms with Gasteiger partial charge in [0.2, 0.25) is 0 Å². The molecule has 7 heteroatoms. The number of rotatable bonds is 4. The van der Waals surface area contributed by atoms with E-state index in [4.69, 9.17) is 32.7 Å². The van der Waals surface area contributed by atoms with Crippen molar-refractivity contribution >= 4 is 34.6 Å². The predicted octanol–water partition coefficient (Wildman–Crippen LogP) is 4.36. The van der Waals surface area contributed by atoms with E-state index in [0.29, 0.717) is 10.2 Å². The zero-order chi connectivity index (χ0) is 18.4. The predicted molar refractivity (Wildman–Crippen MR) is 103 cm³/mol. The van der Waals surface area contributed by atoms with E-state index in [0.717, 1.165) is 34.8 Å². The molecule has 2 aromatic rings. The Balaban J connectivity index is 1.95. The molecule has 1 aromatic carbocycles. The highest BCUT2D eigenvalue weighted by atomic mass is 35.5. The average Bonchev–Trinajstić information content (AvgIpc) is 3.39. The van der Waals surface area contributed by atoms with Gasteiger partial charge >= 0.3 is 0 Å². The molecule has 0 N–H and O–H groups in total. The maximum absolute atomic E-state index is 6.51. The molecule has 0 aliphatic carbocycles. The van der Waals surface area contributed by atoms with Crippen LogP contribution in [0.5, 0.6) is 5.75 Å². The van der Waals surface area contributed by atoms with Gasteiger partial charge in [0.15, 0.2) is 6.23 Å². The Labute approximate surface area is 162 Å². The first kappa shape index (κ1) is 17.5. The topological polar surface area (TPSA) is 42.8 Å². The van der Waals surface area contributed by atoms with Crippen molar-refractivity contribution in [3.63, 3.8) is 0 Å². The molecule has 0 radical (unpaired) electrons. The van der Waals surface area contributed by atoms with Crippen molar-refractivity contribution in [2.45, 2.75) is 26.2 Å². The Bertz CT molecular complexity index is 902. The van der Waals surface area contributed by atoms with E-state index in [1.54, 1.807) is 18.0 Å². The van der Waals surface area contributed by atoms with Crippen LogP contribution in [-0.2, 0) is 4.74 Å². The number of halogens is 2. The highest BCUT2D eigenvalue weighted by molar-refractivity contribution is 6.32. The van der Waals surface area contributed by atoms with Crippen LogP contribution in [0.3, 0.4) is 0 Å². The van der Waals surface area contributed by atoms with Crippen LogP contribution in [0.2, 0.25) is 5.15 Å². The largest absolute Gasteiger partial charge is 0.497 e. The molecule has 2 aliphatic rings. The van der Waals surface area contributed by atoms with Crippen molar-refractivity contribution in [2.24, 2.45) is 0 Å². The van der Waals surface area contributed by atoms with Crippen molar-refractivity contribution in [3.8, 4) is 5.75 Å². The third-order valence-electron chi connectivity index (χ3n) is 4.66. The molecule has 4 rings (SSSR count). The number of epoxide rings is 1. The summed E-state index contributed by atoms with van der Waals surface area (Å²) in [5.41, 5.74) is 3.73. The molecule has 0 spiro atoms. The molecule has 1 aromatic heterocycles. The number of likely N-dealkylation sites (N-methyl/N-ethyl adjacent to an activating group) is 1. The fourth-order valence-electron chi connectivity index (χ4n) is 3.24. The lowest BCUT2D eigenvalue weighted by Crippen LogP contribution is -2.27. The highest BCUT2D eigenvalue weighted by Crippen LogP contribution is 2.44. The van der Waals surface area contributed by atoms with E-state index >= 15 is 0 Å². The zero-order valence-electron chi connectivity index (χ0n) is 14.7. The molecule has 3 heterocycles. The molecule has 26 heavy (non-hydrogen) atoms. The number of aryl methyl sites for hydroxylation is 1. The van der Waals surface area contributed by atoms with Gasteiger partial charge in [0.1, 0.15) is 17.0 Å². The summed E-state index contributed by atoms with van der Waals surface area (Å²) in [6.45, 7) is 4.79. The van der Waals surface area contributed by atoms with Gasteiger partial charge in [0.05, 0.1) is 29.7 Å². The number of aromatic nitrogens is 2. The monoisotopic (exact) mass is 391 g/mol. The molecular formula is C19H19Cl2N3O2. The summed E-state index contributed by atoms with van der Waals surface area (Å²) in [4.78, 5) is 2.20. The molecule has 0 saturated carbocycles. The van der Waals surface area contributed by atoms with Gasteiger partial charge in [-0.05, 0) is 44.2 Å². The van der Waals surface area contributed by atoms with Gasteiger partial charge in [-0.25, -0.2) is 4.68 Å². The fourth-order valence-corrected chi connectivity index (χ4v) is 3.69. The Morgan fingerprint density at radius 2 is 1.96 bits per heavy atom. The Kier molecular flexibility index (Phi) is 4.47. The SMILES string of the molecule is CCN1C(c2ccc(OC)cc2)=C(n2ncc(C)c2Cl)C=C(Cl)C2OC21. The third-order valence-corrected chi connectivity index (χ3v) is 5.44. The van der Waals surface area contributed by atoms with E-state index in [-0.39, 0.29) is 12.3 Å². The van der Waals surface area contributed by atoms with Gasteiger partial charge in [-0.15, -0.1) is 0 Å². The van der Waals surface area contributed by atoms with Crippen LogP contribution in [0.1, 0.15) is 18.1 Å². The lowest BCUT2D eigenvalue weighted by atomic mass is 10.1. The number of hydrogen-bond acceptors (Lipinski definition) is 4. The minimum Gasteiger partial charge on any atom is -0.497 e. The number of benzene rings is 1. The highest BCUT2D eigenvalue weighted by Gasteiger charge is 2.48. The molecule has 1 saturated heterocycles. The molecule has 0 bridgehead atoms. The van der Waals surface area contributed by atoms with E-state index < -0.39 is 0 Å². The summed E-state index contributed by atoms with van der Waals surface area (Å²) in [6, 6.07) is 7.91. The quantitative estimate of drug-likeness (QED) is 0.726. The standard InChI is InChI=1S/C19H19Cl2N3O2/c1-4-23-16(12-5-7-13(25-3)8-6-12)15(9-14(20)17-19(23)26-17)24-18(21)11(2)10-22-24/h5-10,17,19H,4H2,1-3H3. The number of nitrogens with zero attached hydrogens (tertiary/aromatic N) is 3. The number of ether oxygens (including phenoxy) is 2. The van der Waals surface area contributed by atoms with Crippen molar-refractivity contribution in [3.05, 3.63) is 57.9 Å². The van der Waals surface area contributed by atoms with E-state index in [2.05, 4.69) is 16.9 Å². The molecule has 136 valence electrons. The van der Waals surface area contributed by atoms with Crippen LogP contribution < -0.4 is 4.74 Å². The van der Waals surface area contributed by atoms with Gasteiger partial charge in [0.25, 0.3) is 0 Å². The van der Waals surface area contributed by atoms with Crippen LogP contribution in [0.25, 0.3) is 11.4 Å². The van der Waals surface area contributed by atoms with Crippen molar-refractivity contribution < 1.29 is 9.47 Å². The maximum atomic E-state index is 6.51. The maximum Gasteiger partial charge on any atom is 0.163 e. The molecule has 2 aliphatic heterocycles. The molecule has 0 amide bonds. The van der Waals surface area contributed by atoms with E-state index in [1.807, 2.05) is 37.3 Å². The van der Waals surface area contributed by atoms with Gasteiger partial charge in [-0.3, -0.25) is 0 Å². The van der Waals surface area contributed by atoms with Crippen LogP contribution >= 0.6 is 23.2 Å². The lowest BCUT2D eigenvalue weighted by molar-refractivity contribution is 0.255. The smallest absolute Gasteiger partial charge is 0.163 e. The average molecular weight is 392 g/mol. The van der Waals surface area contributed by atoms with Crippen molar-refractivity contribution in [2.75, 3.05) is 13.7 Å². The Morgan fingerprint density at radius 3 is 2.54 bits per heavy atom. The molecular weight excluding hydrogens is 373 g/mol. The fraction of sp³-hybridized carbons (Fsp3) is 0.316. The lowest BCUT2D eigenvalue weighted by Gasteiger charge is -2.26. The first-order valence-electron chi connectivity index (χ1n) is 8.43. The Morgan fingerprint density at radius 1 is 1.23 bits per heavy atom. The summed E-state index contributed by atoms with van der Waals surface area (Å²) in [5.74, 6) is 0.801. The van der Waals surface area contributed by atoms with E-state index in [9.17, 15) is 0 Å². The second-order valence-corrected chi connectivity index (χ2v) is 7.05. The number of fused-ring (bicyclic) bond motifs is 1. The van der Waals surface area contributed by atoms with Crippen molar-refractivity contribution in [1.82, 2.24) is 14.7 Å². The van der Waals surface area contributed by atoms with Crippen LogP contribution in [0, 0.1) is 6.92 Å². The summed E-state index contributed by atoms with van der Waals surface area (Å²) >= 11 is 13.0. The summed E-state index contributed by atoms with van der Waals surface area (Å²) in [5, 5.41) is 5.68. The molecule has 1 fully saturated rings. The van der Waals surface area contributed by atoms with Crippen LogP contribution in [-0.4, -0.2) is 40.7 Å². The van der Waals surface area contributed by atoms with E-state index in [1.165, 1.54) is 0 Å². The summed E-state index contributed by atoms with van der Waals surface area (Å²) in [7, 11) is 1.65. The zero-order valence-corrected chi connectivity index (χ0v) is 16.3. The normalized spacial score (nSPS) is 22.0. The number of hydrogen-bond donors (Lipinski definition) is 0.